The molecule has 0 aliphatic carbocycles. The second-order valence-electron chi connectivity index (χ2n) is 6.04. The Balaban J connectivity index is 4.56. The zero-order valence-electron chi connectivity index (χ0n) is 12.5. The quantitative estimate of drug-likeness (QED) is 0.297. The van der Waals surface area contributed by atoms with Gasteiger partial charge in [0.2, 0.25) is 0 Å². The maximum absolute atomic E-state index is 5.71. The molecular weight excluding hydrogens is 226 g/mol. The lowest BCUT2D eigenvalue weighted by atomic mass is 9.31. The standard InChI is InChI=1S/C15H30BCl/c1-12(2)14(5)16(15(6)13(3)4)10-8-7-9-11-17/h8,10,12-15H,7,9,11H2,1-6H3. The van der Waals surface area contributed by atoms with Crippen LogP contribution < -0.4 is 0 Å². The van der Waals surface area contributed by atoms with Gasteiger partial charge < -0.3 is 0 Å². The van der Waals surface area contributed by atoms with Gasteiger partial charge in [0, 0.05) is 5.88 Å². The van der Waals surface area contributed by atoms with E-state index in [1.165, 1.54) is 0 Å². The van der Waals surface area contributed by atoms with E-state index < -0.39 is 0 Å². The monoisotopic (exact) mass is 256 g/mol. The van der Waals surface area contributed by atoms with E-state index in [-0.39, 0.29) is 0 Å². The van der Waals surface area contributed by atoms with Crippen LogP contribution in [0.5, 0.6) is 0 Å². The van der Waals surface area contributed by atoms with Crippen molar-refractivity contribution in [2.24, 2.45) is 11.8 Å². The van der Waals surface area contributed by atoms with Gasteiger partial charge in [-0.05, 0) is 12.8 Å². The fraction of sp³-hybridized carbons (Fsp3) is 0.867. The number of alkyl halides is 1. The second-order valence-corrected chi connectivity index (χ2v) is 6.42. The van der Waals surface area contributed by atoms with Crippen LogP contribution in [0.1, 0.15) is 54.4 Å². The lowest BCUT2D eigenvalue weighted by Gasteiger charge is -2.29. The van der Waals surface area contributed by atoms with Crippen LogP contribution in [0.15, 0.2) is 12.1 Å². The van der Waals surface area contributed by atoms with Crippen LogP contribution in [0, 0.1) is 11.8 Å². The summed E-state index contributed by atoms with van der Waals surface area (Å²) in [4.78, 5) is 0. The summed E-state index contributed by atoms with van der Waals surface area (Å²) in [5.41, 5.74) is 0. The highest BCUT2D eigenvalue weighted by Crippen LogP contribution is 2.33. The summed E-state index contributed by atoms with van der Waals surface area (Å²) in [5.74, 6) is 6.22. The van der Waals surface area contributed by atoms with Crippen molar-refractivity contribution in [2.75, 3.05) is 5.88 Å². The molecule has 0 radical (unpaired) electrons. The number of allylic oxidation sites excluding steroid dienone is 1. The molecule has 0 heterocycles. The first-order valence-corrected chi connectivity index (χ1v) is 7.67. The molecule has 0 amide bonds. The number of unbranched alkanes of at least 4 members (excludes halogenated alkanes) is 1. The molecule has 0 saturated heterocycles. The van der Waals surface area contributed by atoms with Gasteiger partial charge in [-0.1, -0.05) is 71.1 Å². The van der Waals surface area contributed by atoms with Gasteiger partial charge >= 0.3 is 0 Å². The van der Waals surface area contributed by atoms with Crippen molar-refractivity contribution in [3.05, 3.63) is 12.1 Å². The Morgan fingerprint density at radius 1 is 0.941 bits per heavy atom. The summed E-state index contributed by atoms with van der Waals surface area (Å²) in [5, 5.41) is 0. The van der Waals surface area contributed by atoms with Crippen molar-refractivity contribution in [1.29, 1.82) is 0 Å². The molecule has 0 nitrogen and oxygen atoms in total. The van der Waals surface area contributed by atoms with Crippen molar-refractivity contribution in [3.63, 3.8) is 0 Å². The molecule has 2 unspecified atom stereocenters. The third-order valence-corrected chi connectivity index (χ3v) is 4.45. The molecule has 17 heavy (non-hydrogen) atoms. The first kappa shape index (κ1) is 17.1. The molecule has 0 rings (SSSR count). The van der Waals surface area contributed by atoms with Crippen molar-refractivity contribution < 1.29 is 0 Å². The maximum Gasteiger partial charge on any atom is 0.172 e. The van der Waals surface area contributed by atoms with Gasteiger partial charge in [0.15, 0.2) is 6.71 Å². The van der Waals surface area contributed by atoms with E-state index in [1.807, 2.05) is 0 Å². The van der Waals surface area contributed by atoms with Crippen LogP contribution in [-0.2, 0) is 0 Å². The molecule has 0 aliphatic heterocycles. The molecule has 0 N–H and O–H groups in total. The lowest BCUT2D eigenvalue weighted by molar-refractivity contribution is 0.566. The number of rotatable bonds is 8. The Bertz CT molecular complexity index is 197. The highest BCUT2D eigenvalue weighted by Gasteiger charge is 2.28. The summed E-state index contributed by atoms with van der Waals surface area (Å²) in [7, 11) is 0. The topological polar surface area (TPSA) is 0 Å². The van der Waals surface area contributed by atoms with Crippen LogP contribution in [0.3, 0.4) is 0 Å². The van der Waals surface area contributed by atoms with E-state index in [1.54, 1.807) is 0 Å². The minimum Gasteiger partial charge on any atom is -0.127 e. The summed E-state index contributed by atoms with van der Waals surface area (Å²) in [6.07, 6.45) is 4.55. The van der Waals surface area contributed by atoms with Crippen LogP contribution in [-0.4, -0.2) is 12.6 Å². The normalized spacial score (nSPS) is 15.8. The third-order valence-electron chi connectivity index (χ3n) is 4.18. The average Bonchev–Trinajstić information content (AvgIpc) is 2.27. The fourth-order valence-electron chi connectivity index (χ4n) is 2.17. The third kappa shape index (κ3) is 6.55. The van der Waals surface area contributed by atoms with Crippen molar-refractivity contribution >= 4 is 18.3 Å². The van der Waals surface area contributed by atoms with Crippen LogP contribution >= 0.6 is 11.6 Å². The molecule has 0 aromatic rings. The minimum absolute atomic E-state index is 0.699. The minimum atomic E-state index is 0.699. The van der Waals surface area contributed by atoms with Gasteiger partial charge in [0.05, 0.1) is 0 Å². The molecule has 0 saturated carbocycles. The Labute approximate surface area is 114 Å². The predicted molar refractivity (Wildman–Crippen MR) is 83.4 cm³/mol. The highest BCUT2D eigenvalue weighted by atomic mass is 35.5. The predicted octanol–water partition coefficient (Wildman–Crippen LogP) is 5.69. The maximum atomic E-state index is 5.71. The Morgan fingerprint density at radius 3 is 1.76 bits per heavy atom. The van der Waals surface area contributed by atoms with Crippen LogP contribution in [0.25, 0.3) is 0 Å². The first-order valence-electron chi connectivity index (χ1n) is 7.14. The molecule has 0 aromatic carbocycles. The van der Waals surface area contributed by atoms with Gasteiger partial charge in [-0.3, -0.25) is 0 Å². The molecular formula is C15H30BCl. The zero-order valence-corrected chi connectivity index (χ0v) is 13.3. The fourth-order valence-corrected chi connectivity index (χ4v) is 2.32. The van der Waals surface area contributed by atoms with Gasteiger partial charge in [-0.15, -0.1) is 17.6 Å². The molecule has 0 fully saturated rings. The molecule has 0 aromatic heterocycles. The Hall–Kier alpha value is 0.0949. The van der Waals surface area contributed by atoms with E-state index in [9.17, 15) is 0 Å². The first-order chi connectivity index (χ1) is 7.91. The molecule has 2 atom stereocenters. The summed E-state index contributed by atoms with van der Waals surface area (Å²) >= 11 is 5.71. The summed E-state index contributed by atoms with van der Waals surface area (Å²) in [6.45, 7) is 14.8. The number of hydrogen-bond donors (Lipinski definition) is 0. The smallest absolute Gasteiger partial charge is 0.127 e. The van der Waals surface area contributed by atoms with E-state index in [0.29, 0.717) is 6.71 Å². The van der Waals surface area contributed by atoms with E-state index in [2.05, 4.69) is 53.6 Å². The summed E-state index contributed by atoms with van der Waals surface area (Å²) in [6, 6.07) is 0. The molecule has 100 valence electrons. The lowest BCUT2D eigenvalue weighted by Crippen LogP contribution is -2.28. The Morgan fingerprint density at radius 2 is 1.41 bits per heavy atom. The Kier molecular flexibility index (Phi) is 9.13. The summed E-state index contributed by atoms with van der Waals surface area (Å²) < 4.78 is 0. The van der Waals surface area contributed by atoms with Gasteiger partial charge in [0.1, 0.15) is 0 Å². The van der Waals surface area contributed by atoms with Crippen molar-refractivity contribution in [2.45, 2.75) is 66.0 Å². The number of hydrogen-bond acceptors (Lipinski definition) is 0. The van der Waals surface area contributed by atoms with Crippen molar-refractivity contribution in [3.8, 4) is 0 Å². The second kappa shape index (κ2) is 9.08. The molecule has 0 spiro atoms. The molecule has 0 aliphatic rings. The van der Waals surface area contributed by atoms with E-state index in [0.717, 1.165) is 42.2 Å². The van der Waals surface area contributed by atoms with Gasteiger partial charge in [0.25, 0.3) is 0 Å². The van der Waals surface area contributed by atoms with E-state index in [4.69, 9.17) is 11.6 Å². The number of halogens is 1. The van der Waals surface area contributed by atoms with Gasteiger partial charge in [-0.2, -0.15) is 0 Å². The molecule has 0 bridgehead atoms. The van der Waals surface area contributed by atoms with Gasteiger partial charge in [-0.25, -0.2) is 0 Å². The zero-order chi connectivity index (χ0) is 13.4. The average molecular weight is 257 g/mol. The molecule has 2 heteroatoms. The van der Waals surface area contributed by atoms with E-state index >= 15 is 0 Å². The highest BCUT2D eigenvalue weighted by molar-refractivity contribution is 6.67. The van der Waals surface area contributed by atoms with Crippen LogP contribution in [0.2, 0.25) is 11.6 Å². The van der Waals surface area contributed by atoms with Crippen LogP contribution in [0.4, 0.5) is 0 Å². The SMILES string of the molecule is CC(C)C(C)B(C=CCCCCl)C(C)C(C)C. The largest absolute Gasteiger partial charge is 0.172 e. The van der Waals surface area contributed by atoms with Crippen molar-refractivity contribution in [1.82, 2.24) is 0 Å².